The molecule has 0 saturated carbocycles. The molecule has 10 heteroatoms. The number of halogens is 1. The van der Waals surface area contributed by atoms with Gasteiger partial charge in [0.2, 0.25) is 0 Å². The van der Waals surface area contributed by atoms with Gasteiger partial charge >= 0.3 is 6.09 Å². The molecule has 1 saturated heterocycles. The van der Waals surface area contributed by atoms with Crippen LogP contribution in [0.1, 0.15) is 58.3 Å². The summed E-state index contributed by atoms with van der Waals surface area (Å²) in [5.74, 6) is 0.334. The minimum atomic E-state index is -0.537. The zero-order valence-electron chi connectivity index (χ0n) is 21.9. The molecule has 2 amide bonds. The van der Waals surface area contributed by atoms with Crippen molar-refractivity contribution in [3.8, 4) is 11.5 Å². The van der Waals surface area contributed by atoms with Gasteiger partial charge in [0.15, 0.2) is 11.6 Å². The molecule has 1 aromatic heterocycles. The molecule has 0 aliphatic carbocycles. The molecule has 1 aromatic carbocycles. The highest BCUT2D eigenvalue weighted by Gasteiger charge is 2.30. The van der Waals surface area contributed by atoms with Gasteiger partial charge in [-0.25, -0.2) is 19.2 Å². The van der Waals surface area contributed by atoms with Crippen LogP contribution in [-0.4, -0.2) is 69.6 Å². The molecule has 2 heterocycles. The standard InChI is InChI=1S/C26H36FN5O4/c1-7-32(17(2)3)24(33)20-12-19(27)8-9-21(20)35-22-14-28-16-30-23(22)29-13-18-10-11-31(15-18)25(34)36-26(4,5)6/h8-9,12,14,16-18H,7,10-11,13,15H2,1-6H3,(H,28,29,30). The van der Waals surface area contributed by atoms with Crippen molar-refractivity contribution in [1.82, 2.24) is 19.8 Å². The maximum Gasteiger partial charge on any atom is 0.410 e. The summed E-state index contributed by atoms with van der Waals surface area (Å²) in [6.07, 6.45) is 3.40. The van der Waals surface area contributed by atoms with Gasteiger partial charge in [-0.1, -0.05) is 0 Å². The number of rotatable bonds is 8. The number of hydrogen-bond acceptors (Lipinski definition) is 7. The van der Waals surface area contributed by atoms with Crippen LogP contribution in [0.2, 0.25) is 0 Å². The first kappa shape index (κ1) is 27.2. The Bertz CT molecular complexity index is 1070. The molecule has 2 aromatic rings. The van der Waals surface area contributed by atoms with Crippen molar-refractivity contribution in [2.45, 2.75) is 59.6 Å². The van der Waals surface area contributed by atoms with Gasteiger partial charge in [0, 0.05) is 32.2 Å². The summed E-state index contributed by atoms with van der Waals surface area (Å²) in [6, 6.07) is 3.81. The summed E-state index contributed by atoms with van der Waals surface area (Å²) in [5, 5.41) is 3.27. The fourth-order valence-corrected chi connectivity index (χ4v) is 4.03. The van der Waals surface area contributed by atoms with E-state index in [2.05, 4.69) is 15.3 Å². The Labute approximate surface area is 212 Å². The summed E-state index contributed by atoms with van der Waals surface area (Å²) >= 11 is 0. The van der Waals surface area contributed by atoms with Crippen molar-refractivity contribution >= 4 is 17.8 Å². The smallest absolute Gasteiger partial charge is 0.410 e. The van der Waals surface area contributed by atoms with Gasteiger partial charge < -0.3 is 24.6 Å². The third-order valence-electron chi connectivity index (χ3n) is 5.79. The Morgan fingerprint density at radius 3 is 2.69 bits per heavy atom. The number of benzene rings is 1. The summed E-state index contributed by atoms with van der Waals surface area (Å²) < 4.78 is 25.6. The van der Waals surface area contributed by atoms with Gasteiger partial charge in [-0.15, -0.1) is 0 Å². The molecular weight excluding hydrogens is 465 g/mol. The lowest BCUT2D eigenvalue weighted by atomic mass is 10.1. The molecule has 196 valence electrons. The summed E-state index contributed by atoms with van der Waals surface area (Å²) in [6.45, 7) is 13.5. The minimum Gasteiger partial charge on any atom is -0.451 e. The fraction of sp³-hybridized carbons (Fsp3) is 0.538. The second kappa shape index (κ2) is 11.5. The van der Waals surface area contributed by atoms with E-state index in [1.54, 1.807) is 9.80 Å². The molecule has 0 radical (unpaired) electrons. The Morgan fingerprint density at radius 1 is 1.28 bits per heavy atom. The van der Waals surface area contributed by atoms with Gasteiger partial charge in [0.25, 0.3) is 5.91 Å². The molecule has 1 aliphatic heterocycles. The zero-order valence-corrected chi connectivity index (χ0v) is 21.9. The first-order chi connectivity index (χ1) is 17.0. The highest BCUT2D eigenvalue weighted by Crippen LogP contribution is 2.31. The fourth-order valence-electron chi connectivity index (χ4n) is 4.03. The van der Waals surface area contributed by atoms with Crippen LogP contribution in [0.15, 0.2) is 30.7 Å². The Morgan fingerprint density at radius 2 is 2.03 bits per heavy atom. The molecule has 3 rings (SSSR count). The van der Waals surface area contributed by atoms with Crippen LogP contribution in [0, 0.1) is 11.7 Å². The molecule has 1 atom stereocenters. The second-order valence-electron chi connectivity index (χ2n) is 10.1. The normalized spacial score (nSPS) is 15.7. The average Bonchev–Trinajstić information content (AvgIpc) is 3.28. The highest BCUT2D eigenvalue weighted by molar-refractivity contribution is 5.97. The summed E-state index contributed by atoms with van der Waals surface area (Å²) in [7, 11) is 0. The van der Waals surface area contributed by atoms with Gasteiger partial charge in [-0.05, 0) is 72.1 Å². The topological polar surface area (TPSA) is 96.9 Å². The van der Waals surface area contributed by atoms with Gasteiger partial charge in [0.1, 0.15) is 23.5 Å². The number of carbonyl (C=O) groups excluding carboxylic acids is 2. The van der Waals surface area contributed by atoms with Crippen LogP contribution < -0.4 is 10.1 Å². The maximum atomic E-state index is 14.1. The summed E-state index contributed by atoms with van der Waals surface area (Å²) in [4.78, 5) is 37.2. The molecule has 9 nitrogen and oxygen atoms in total. The monoisotopic (exact) mass is 501 g/mol. The first-order valence-corrected chi connectivity index (χ1v) is 12.3. The van der Waals surface area contributed by atoms with Crippen molar-refractivity contribution in [3.05, 3.63) is 42.1 Å². The third kappa shape index (κ3) is 7.05. The van der Waals surface area contributed by atoms with Crippen LogP contribution in [0.3, 0.4) is 0 Å². The van der Waals surface area contributed by atoms with E-state index in [0.29, 0.717) is 37.7 Å². The second-order valence-corrected chi connectivity index (χ2v) is 10.1. The quantitative estimate of drug-likeness (QED) is 0.547. The van der Waals surface area contributed by atoms with E-state index in [0.717, 1.165) is 6.42 Å². The third-order valence-corrected chi connectivity index (χ3v) is 5.79. The Kier molecular flexibility index (Phi) is 8.70. The lowest BCUT2D eigenvalue weighted by Gasteiger charge is -2.26. The highest BCUT2D eigenvalue weighted by atomic mass is 19.1. The SMILES string of the molecule is CCN(C(=O)c1cc(F)ccc1Oc1cncnc1NCC1CCN(C(=O)OC(C)(C)C)C1)C(C)C. The Hall–Kier alpha value is -3.43. The average molecular weight is 502 g/mol. The number of ether oxygens (including phenoxy) is 2. The lowest BCUT2D eigenvalue weighted by molar-refractivity contribution is 0.0289. The zero-order chi connectivity index (χ0) is 26.5. The largest absolute Gasteiger partial charge is 0.451 e. The van der Waals surface area contributed by atoms with E-state index in [-0.39, 0.29) is 35.3 Å². The molecule has 1 fully saturated rings. The van der Waals surface area contributed by atoms with Gasteiger partial charge in [0.05, 0.1) is 11.8 Å². The van der Waals surface area contributed by atoms with Crippen molar-refractivity contribution in [3.63, 3.8) is 0 Å². The Balaban J connectivity index is 1.71. The van der Waals surface area contributed by atoms with E-state index in [4.69, 9.17) is 9.47 Å². The molecule has 36 heavy (non-hydrogen) atoms. The van der Waals surface area contributed by atoms with Crippen LogP contribution in [0.5, 0.6) is 11.5 Å². The molecule has 1 unspecified atom stereocenters. The molecule has 0 spiro atoms. The number of nitrogens with zero attached hydrogens (tertiary/aromatic N) is 4. The van der Waals surface area contributed by atoms with Gasteiger partial charge in [-0.2, -0.15) is 0 Å². The molecular formula is C26H36FN5O4. The molecule has 1 aliphatic rings. The number of aromatic nitrogens is 2. The minimum absolute atomic E-state index is 0.0532. The summed E-state index contributed by atoms with van der Waals surface area (Å²) in [5.41, 5.74) is -0.408. The first-order valence-electron chi connectivity index (χ1n) is 12.3. The number of nitrogens with one attached hydrogen (secondary N) is 1. The number of hydrogen-bond donors (Lipinski definition) is 1. The van der Waals surface area contributed by atoms with E-state index < -0.39 is 11.4 Å². The van der Waals surface area contributed by atoms with Crippen molar-refractivity contribution in [1.29, 1.82) is 0 Å². The number of likely N-dealkylation sites (tertiary alicyclic amines) is 1. The van der Waals surface area contributed by atoms with Crippen LogP contribution in [0.4, 0.5) is 15.0 Å². The van der Waals surface area contributed by atoms with Crippen molar-refractivity contribution in [2.75, 3.05) is 31.5 Å². The van der Waals surface area contributed by atoms with Crippen molar-refractivity contribution < 1.29 is 23.5 Å². The number of carbonyl (C=O) groups is 2. The predicted octanol–water partition coefficient (Wildman–Crippen LogP) is 4.95. The predicted molar refractivity (Wildman–Crippen MR) is 135 cm³/mol. The number of amides is 2. The van der Waals surface area contributed by atoms with Crippen LogP contribution in [-0.2, 0) is 4.74 Å². The van der Waals surface area contributed by atoms with E-state index in [9.17, 15) is 14.0 Å². The van der Waals surface area contributed by atoms with E-state index >= 15 is 0 Å². The van der Waals surface area contributed by atoms with Crippen LogP contribution in [0.25, 0.3) is 0 Å². The van der Waals surface area contributed by atoms with E-state index in [1.807, 2.05) is 41.5 Å². The van der Waals surface area contributed by atoms with E-state index in [1.165, 1.54) is 30.7 Å². The number of anilines is 1. The maximum absolute atomic E-state index is 14.1. The van der Waals surface area contributed by atoms with Crippen LogP contribution >= 0.6 is 0 Å². The van der Waals surface area contributed by atoms with Crippen molar-refractivity contribution in [2.24, 2.45) is 5.92 Å². The molecule has 1 N–H and O–H groups in total. The lowest BCUT2D eigenvalue weighted by Crippen LogP contribution is -2.36. The molecule has 0 bridgehead atoms. The van der Waals surface area contributed by atoms with Gasteiger partial charge in [-0.3, -0.25) is 4.79 Å².